The summed E-state index contributed by atoms with van der Waals surface area (Å²) in [5.74, 6) is 0. The number of benzene rings is 5. The average molecular weight is 343 g/mol. The maximum absolute atomic E-state index is 3.17. The third-order valence-electron chi connectivity index (χ3n) is 5.57. The van der Waals surface area contributed by atoms with Crippen molar-refractivity contribution < 1.29 is 0 Å². The van der Waals surface area contributed by atoms with Crippen molar-refractivity contribution in [2.75, 3.05) is 0 Å². The van der Waals surface area contributed by atoms with Crippen LogP contribution in [0.1, 0.15) is 0 Å². The molecule has 27 heavy (non-hydrogen) atoms. The molecule has 0 bridgehead atoms. The predicted molar refractivity (Wildman–Crippen MR) is 116 cm³/mol. The fraction of sp³-hybridized carbons (Fsp3) is 0. The fourth-order valence-electron chi connectivity index (χ4n) is 4.21. The molecule has 5 aromatic carbocycles. The molecule has 1 nitrogen and oxygen atoms in total. The monoisotopic (exact) mass is 343 g/mol. The largest absolute Gasteiger partial charge is 0.367 e. The van der Waals surface area contributed by atoms with Gasteiger partial charge in [-0.1, -0.05) is 42.5 Å². The van der Waals surface area contributed by atoms with E-state index in [-0.39, 0.29) is 0 Å². The highest BCUT2D eigenvalue weighted by Gasteiger charge is 2.07. The van der Waals surface area contributed by atoms with Gasteiger partial charge in [0.2, 0.25) is 0 Å². The number of aromatic nitrogens is 1. The first kappa shape index (κ1) is 14.6. The highest BCUT2D eigenvalue weighted by Crippen LogP contribution is 2.34. The number of hydrogen-bond donors (Lipinski definition) is 1. The molecule has 1 heterocycles. The minimum atomic E-state index is 1.23. The molecular weight excluding hydrogens is 326 g/mol. The third kappa shape index (κ3) is 2.25. The fourth-order valence-corrected chi connectivity index (χ4v) is 4.21. The number of H-pyrrole nitrogens is 1. The van der Waals surface area contributed by atoms with Crippen LogP contribution >= 0.6 is 0 Å². The third-order valence-corrected chi connectivity index (χ3v) is 5.57. The predicted octanol–water partition coefficient (Wildman–Crippen LogP) is 7.29. The number of nitrogens with one attached hydrogen (secondary N) is 1. The molecule has 1 N–H and O–H groups in total. The minimum Gasteiger partial charge on any atom is -0.367 e. The average Bonchev–Trinajstić information content (AvgIpc) is 3.23. The van der Waals surface area contributed by atoms with Gasteiger partial charge < -0.3 is 4.98 Å². The van der Waals surface area contributed by atoms with Crippen LogP contribution in [-0.4, -0.2) is 4.98 Å². The van der Waals surface area contributed by atoms with Crippen LogP contribution in [0.15, 0.2) is 97.3 Å². The summed E-state index contributed by atoms with van der Waals surface area (Å²) >= 11 is 0. The molecule has 0 radical (unpaired) electrons. The number of aromatic amines is 1. The van der Waals surface area contributed by atoms with Gasteiger partial charge in [0.15, 0.2) is 0 Å². The molecule has 0 unspecified atom stereocenters. The Morgan fingerprint density at radius 3 is 1.74 bits per heavy atom. The van der Waals surface area contributed by atoms with E-state index in [4.69, 9.17) is 0 Å². The topological polar surface area (TPSA) is 15.8 Å². The second-order valence-electron chi connectivity index (χ2n) is 7.22. The van der Waals surface area contributed by atoms with Gasteiger partial charge in [0.25, 0.3) is 0 Å². The lowest BCUT2D eigenvalue weighted by Gasteiger charge is -2.09. The summed E-state index contributed by atoms with van der Waals surface area (Å²) in [5.41, 5.74) is 2.50. The van der Waals surface area contributed by atoms with Gasteiger partial charge in [-0.3, -0.25) is 0 Å². The van der Waals surface area contributed by atoms with E-state index in [9.17, 15) is 0 Å². The number of hydrogen-bond acceptors (Lipinski definition) is 0. The van der Waals surface area contributed by atoms with Gasteiger partial charge in [0.05, 0.1) is 0 Å². The summed E-state index contributed by atoms with van der Waals surface area (Å²) in [4.78, 5) is 3.17. The van der Waals surface area contributed by atoms with Crippen molar-refractivity contribution in [1.29, 1.82) is 0 Å². The van der Waals surface area contributed by atoms with Crippen molar-refractivity contribution in [2.45, 2.75) is 0 Å². The van der Waals surface area contributed by atoms with Crippen LogP contribution < -0.4 is 0 Å². The standard InChI is InChI=1S/C26H17N/c1-2-5-18-11-22-14-24-15-26-19(6-3-7-25(26)20-8-9-27-16-20)12-23(24)13-21(22)10-17(18)4-1/h1-16,27H. The van der Waals surface area contributed by atoms with Crippen LogP contribution in [0.4, 0.5) is 0 Å². The molecule has 1 heteroatoms. The maximum atomic E-state index is 3.17. The van der Waals surface area contributed by atoms with E-state index >= 15 is 0 Å². The van der Waals surface area contributed by atoms with Gasteiger partial charge in [-0.05, 0) is 96.7 Å². The van der Waals surface area contributed by atoms with E-state index in [1.807, 2.05) is 6.20 Å². The van der Waals surface area contributed by atoms with E-state index < -0.39 is 0 Å². The van der Waals surface area contributed by atoms with Gasteiger partial charge in [-0.25, -0.2) is 0 Å². The molecule has 0 saturated heterocycles. The Balaban J connectivity index is 1.70. The van der Waals surface area contributed by atoms with E-state index in [1.54, 1.807) is 0 Å². The second-order valence-corrected chi connectivity index (χ2v) is 7.22. The summed E-state index contributed by atoms with van der Waals surface area (Å²) < 4.78 is 0. The van der Waals surface area contributed by atoms with Crippen molar-refractivity contribution in [3.63, 3.8) is 0 Å². The summed E-state index contributed by atoms with van der Waals surface area (Å²) in [7, 11) is 0. The van der Waals surface area contributed by atoms with Crippen LogP contribution in [0.3, 0.4) is 0 Å². The molecule has 1 aromatic heterocycles. The van der Waals surface area contributed by atoms with E-state index in [0.717, 1.165) is 0 Å². The zero-order chi connectivity index (χ0) is 17.8. The lowest BCUT2D eigenvalue weighted by atomic mass is 9.94. The van der Waals surface area contributed by atoms with Gasteiger partial charge in [-0.2, -0.15) is 0 Å². The molecule has 126 valence electrons. The Morgan fingerprint density at radius 2 is 1.07 bits per heavy atom. The molecule has 0 aliphatic heterocycles. The zero-order valence-electron chi connectivity index (χ0n) is 14.7. The first-order valence-electron chi connectivity index (χ1n) is 9.27. The molecule has 0 spiro atoms. The van der Waals surface area contributed by atoms with Crippen molar-refractivity contribution in [3.05, 3.63) is 97.3 Å². The van der Waals surface area contributed by atoms with E-state index in [1.165, 1.54) is 54.2 Å². The normalized spacial score (nSPS) is 11.7. The zero-order valence-corrected chi connectivity index (χ0v) is 14.7. The second kappa shape index (κ2) is 5.46. The molecular formula is C26H17N. The highest BCUT2D eigenvalue weighted by atomic mass is 14.6. The SMILES string of the molecule is c1ccc2cc3cc4cc5c(-c6cc[nH]c6)cccc5cc4cc3cc2c1. The summed E-state index contributed by atoms with van der Waals surface area (Å²) in [6, 6.07) is 31.1. The molecule has 0 saturated carbocycles. The molecule has 0 aliphatic carbocycles. The number of rotatable bonds is 1. The van der Waals surface area contributed by atoms with Gasteiger partial charge >= 0.3 is 0 Å². The molecule has 0 amide bonds. The van der Waals surface area contributed by atoms with Gasteiger partial charge in [0, 0.05) is 12.4 Å². The van der Waals surface area contributed by atoms with Crippen molar-refractivity contribution in [1.82, 2.24) is 4.98 Å². The van der Waals surface area contributed by atoms with Crippen molar-refractivity contribution in [2.24, 2.45) is 0 Å². The Hall–Kier alpha value is -3.58. The Bertz CT molecular complexity index is 1460. The molecule has 6 aromatic rings. The lowest BCUT2D eigenvalue weighted by Crippen LogP contribution is -1.83. The maximum Gasteiger partial charge on any atom is 0.00843 e. The van der Waals surface area contributed by atoms with Crippen LogP contribution in [0.25, 0.3) is 54.2 Å². The highest BCUT2D eigenvalue weighted by molar-refractivity contribution is 6.10. The first-order chi connectivity index (χ1) is 13.3. The van der Waals surface area contributed by atoms with Crippen LogP contribution in [-0.2, 0) is 0 Å². The lowest BCUT2D eigenvalue weighted by molar-refractivity contribution is 1.41. The quantitative estimate of drug-likeness (QED) is 0.302. The van der Waals surface area contributed by atoms with Crippen molar-refractivity contribution in [3.8, 4) is 11.1 Å². The van der Waals surface area contributed by atoms with Crippen LogP contribution in [0, 0.1) is 0 Å². The Labute approximate surface area is 156 Å². The van der Waals surface area contributed by atoms with Gasteiger partial charge in [-0.15, -0.1) is 0 Å². The Morgan fingerprint density at radius 1 is 0.481 bits per heavy atom. The molecule has 0 atom stereocenters. The van der Waals surface area contributed by atoms with Crippen molar-refractivity contribution >= 4 is 43.1 Å². The molecule has 0 aliphatic rings. The van der Waals surface area contributed by atoms with Crippen LogP contribution in [0.5, 0.6) is 0 Å². The van der Waals surface area contributed by atoms with Crippen LogP contribution in [0.2, 0.25) is 0 Å². The smallest absolute Gasteiger partial charge is 0.00843 e. The van der Waals surface area contributed by atoms with E-state index in [2.05, 4.69) is 96.1 Å². The summed E-state index contributed by atoms with van der Waals surface area (Å²) in [6.07, 6.45) is 4.04. The summed E-state index contributed by atoms with van der Waals surface area (Å²) in [6.45, 7) is 0. The minimum absolute atomic E-state index is 1.23. The summed E-state index contributed by atoms with van der Waals surface area (Å²) in [5, 5.41) is 10.3. The molecule has 0 fully saturated rings. The molecule has 6 rings (SSSR count). The number of fused-ring (bicyclic) bond motifs is 4. The Kier molecular flexibility index (Phi) is 2.95. The van der Waals surface area contributed by atoms with E-state index in [0.29, 0.717) is 0 Å². The first-order valence-corrected chi connectivity index (χ1v) is 9.27. The van der Waals surface area contributed by atoms with Gasteiger partial charge in [0.1, 0.15) is 0 Å².